The van der Waals surface area contributed by atoms with Gasteiger partial charge in [0.1, 0.15) is 59.7 Å². The second-order valence-corrected chi connectivity index (χ2v) is 25.5. The van der Waals surface area contributed by atoms with Crippen LogP contribution >= 0.6 is 47.0 Å². The lowest BCUT2D eigenvalue weighted by atomic mass is 10.0. The first kappa shape index (κ1) is 70.6. The lowest BCUT2D eigenvalue weighted by molar-refractivity contribution is -0.205. The van der Waals surface area contributed by atoms with Crippen LogP contribution in [-0.4, -0.2) is 169 Å². The van der Waals surface area contributed by atoms with E-state index in [0.29, 0.717) is 36.4 Å². The predicted octanol–water partition coefficient (Wildman–Crippen LogP) is 9.50. The van der Waals surface area contributed by atoms with Gasteiger partial charge in [-0.3, -0.25) is 0 Å². The molecule has 0 radical (unpaired) electrons. The largest absolute Gasteiger partial charge is 0.396 e. The van der Waals surface area contributed by atoms with E-state index in [4.69, 9.17) is 9.47 Å². The van der Waals surface area contributed by atoms with Gasteiger partial charge in [0, 0.05) is 55.8 Å². The fraction of sp³-hybridized carbons (Fsp3) is 0.267. The number of aliphatic hydroxyl groups excluding tert-OH is 10. The van der Waals surface area contributed by atoms with E-state index in [2.05, 4.69) is 19.9 Å². The molecule has 10 atom stereocenters. The minimum absolute atomic E-state index is 0.0781. The number of fused-ring (bicyclic) bond motifs is 8. The monoisotopic (exact) mass is 1440 g/mol. The van der Waals surface area contributed by atoms with Crippen molar-refractivity contribution >= 4 is 93.4 Å². The highest BCUT2D eigenvalue weighted by molar-refractivity contribution is 8.00. The van der Waals surface area contributed by atoms with E-state index < -0.39 is 300 Å². The minimum Gasteiger partial charge on any atom is -0.396 e. The number of halogens is 16. The molecule has 4 aliphatic rings. The van der Waals surface area contributed by atoms with Gasteiger partial charge in [0.15, 0.2) is 93.1 Å². The van der Waals surface area contributed by atoms with Gasteiger partial charge < -0.3 is 70.5 Å². The van der Waals surface area contributed by atoms with Gasteiger partial charge in [-0.1, -0.05) is 23.5 Å². The van der Waals surface area contributed by atoms with Crippen LogP contribution in [0.25, 0.3) is 90.9 Å². The molecule has 36 heteroatoms. The fourth-order valence-electron chi connectivity index (χ4n) is 10.9. The van der Waals surface area contributed by atoms with Crippen molar-refractivity contribution in [3.63, 3.8) is 0 Å². The van der Waals surface area contributed by atoms with Crippen molar-refractivity contribution in [2.24, 2.45) is 0 Å². The number of thioether (sulfide) groups is 4. The van der Waals surface area contributed by atoms with Crippen LogP contribution in [0.4, 0.5) is 70.2 Å². The topological polar surface area (TPSA) is 278 Å². The van der Waals surface area contributed by atoms with E-state index in [1.807, 2.05) is 0 Å². The maximum Gasteiger partial charge on any atom is 0.176 e. The summed E-state index contributed by atoms with van der Waals surface area (Å²) in [6.07, 6.45) is -13.8. The van der Waals surface area contributed by atoms with E-state index in [1.54, 1.807) is 0 Å². The van der Waals surface area contributed by atoms with Crippen molar-refractivity contribution in [1.82, 2.24) is 19.9 Å². The van der Waals surface area contributed by atoms with Crippen LogP contribution in [0.15, 0.2) is 43.8 Å². The van der Waals surface area contributed by atoms with Crippen LogP contribution in [0.2, 0.25) is 0 Å². The van der Waals surface area contributed by atoms with E-state index in [1.165, 1.54) is 0 Å². The predicted molar refractivity (Wildman–Crippen MR) is 315 cm³/mol. The first-order chi connectivity index (χ1) is 45.6. The summed E-state index contributed by atoms with van der Waals surface area (Å²) in [5.74, 6) is -37.6. The van der Waals surface area contributed by atoms with Gasteiger partial charge >= 0.3 is 0 Å². The van der Waals surface area contributed by atoms with Gasteiger partial charge in [-0.2, -0.15) is 0 Å². The number of nitrogens with zero attached hydrogens (tertiary/aromatic N) is 2. The maximum atomic E-state index is 17.3. The molecule has 7 aromatic rings. The highest BCUT2D eigenvalue weighted by Gasteiger charge is 2.47. The molecule has 0 saturated carbocycles. The second kappa shape index (κ2) is 27.9. The average molecular weight is 1440 g/mol. The molecular weight excluding hydrogens is 1400 g/mol. The SMILES string of the molecule is OCCSc1c(F)c(F)c(-c2c3nc(c(-c4c(F)c(F)c(S[C@@H]5O[C@H](CO)[C@@H](O)[C@H](O)[C@H]5O)c(F)c4F)c4ccc([nH]4)c(-c4c(F)c(F)c(SCCO)c(F)c4F)c4nc(c(-c5c(F)c(F)c(S[C@@H]6O[C@H](CO)[C@@H](O)[C@H](O)[C@H]6O)c(F)c5F)c5ccc2[nH]5)C=C4)C=C3)c(F)c1F. The Bertz CT molecular complexity index is 4170. The van der Waals surface area contributed by atoms with Crippen LogP contribution < -0.4 is 0 Å². The minimum atomic E-state index is -2.39. The van der Waals surface area contributed by atoms with Crippen molar-refractivity contribution in [3.05, 3.63) is 140 Å². The van der Waals surface area contributed by atoms with Gasteiger partial charge in [0.25, 0.3) is 0 Å². The molecule has 0 spiro atoms. The number of benzene rings is 4. The highest BCUT2D eigenvalue weighted by atomic mass is 32.2. The molecular formula is C60H42F16N4O12S4. The Morgan fingerprint density at radius 1 is 0.323 bits per heavy atom. The maximum absolute atomic E-state index is 17.3. The molecule has 3 aromatic heterocycles. The summed E-state index contributed by atoms with van der Waals surface area (Å²) in [4.78, 5) is 7.31. The third-order valence-corrected chi connectivity index (χ3v) is 20.0. The summed E-state index contributed by atoms with van der Waals surface area (Å²) in [6, 6.07) is 2.87. The Morgan fingerprint density at radius 3 is 0.792 bits per heavy atom. The van der Waals surface area contributed by atoms with Gasteiger partial charge in [-0.25, -0.2) is 80.2 Å². The van der Waals surface area contributed by atoms with Crippen molar-refractivity contribution in [2.75, 3.05) is 37.9 Å². The molecule has 510 valence electrons. The summed E-state index contributed by atoms with van der Waals surface area (Å²) >= 11 is -0.459. The molecule has 2 fully saturated rings. The number of aromatic nitrogens is 4. The summed E-state index contributed by atoms with van der Waals surface area (Å²) < 4.78 is 280. The number of hydrogen-bond donors (Lipinski definition) is 12. The number of aromatic amines is 2. The van der Waals surface area contributed by atoms with Crippen LogP contribution in [-0.2, 0) is 9.47 Å². The molecule has 96 heavy (non-hydrogen) atoms. The van der Waals surface area contributed by atoms with Crippen LogP contribution in [0.1, 0.15) is 22.8 Å². The van der Waals surface area contributed by atoms with Crippen molar-refractivity contribution in [2.45, 2.75) is 79.3 Å². The number of nitrogens with one attached hydrogen (secondary N) is 2. The van der Waals surface area contributed by atoms with Crippen LogP contribution in [0.5, 0.6) is 0 Å². The molecule has 4 aromatic carbocycles. The zero-order valence-corrected chi connectivity index (χ0v) is 50.8. The van der Waals surface area contributed by atoms with E-state index in [9.17, 15) is 51.1 Å². The van der Waals surface area contributed by atoms with Crippen molar-refractivity contribution < 1.29 is 131 Å². The average Bonchev–Trinajstić information content (AvgIpc) is 1.51. The Kier molecular flexibility index (Phi) is 20.5. The molecule has 0 unspecified atom stereocenters. The molecule has 11 rings (SSSR count). The second-order valence-electron chi connectivity index (χ2n) is 21.1. The van der Waals surface area contributed by atoms with Gasteiger partial charge in [0.2, 0.25) is 0 Å². The van der Waals surface area contributed by atoms with Crippen molar-refractivity contribution in [1.29, 1.82) is 0 Å². The number of rotatable bonds is 16. The molecule has 12 N–H and O–H groups in total. The van der Waals surface area contributed by atoms with Crippen LogP contribution in [0, 0.1) is 93.1 Å². The first-order valence-electron chi connectivity index (χ1n) is 27.7. The molecule has 4 aliphatic heterocycles. The van der Waals surface area contributed by atoms with E-state index in [0.717, 1.165) is 12.1 Å². The Balaban J connectivity index is 1.28. The summed E-state index contributed by atoms with van der Waals surface area (Å²) in [6.45, 7) is -3.77. The number of H-pyrrole nitrogens is 2. The summed E-state index contributed by atoms with van der Waals surface area (Å²) in [5, 5.41) is 101. The number of aliphatic hydroxyl groups is 10. The van der Waals surface area contributed by atoms with Gasteiger partial charge in [0.05, 0.1) is 91.0 Å². The van der Waals surface area contributed by atoms with Gasteiger partial charge in [-0.15, -0.1) is 23.5 Å². The molecule has 16 nitrogen and oxygen atoms in total. The normalized spacial score (nSPS) is 21.9. The Labute approximate surface area is 543 Å². The van der Waals surface area contributed by atoms with E-state index >= 15 is 70.2 Å². The summed E-state index contributed by atoms with van der Waals surface area (Å²) in [7, 11) is 0. The quantitative estimate of drug-likeness (QED) is 0.0244. The highest BCUT2D eigenvalue weighted by Crippen LogP contribution is 2.49. The molecule has 0 aliphatic carbocycles. The molecule has 0 amide bonds. The van der Waals surface area contributed by atoms with Crippen LogP contribution in [0.3, 0.4) is 0 Å². The summed E-state index contributed by atoms with van der Waals surface area (Å²) in [5.41, 5.74) is -23.5. The number of ether oxygens (including phenoxy) is 2. The zero-order valence-electron chi connectivity index (χ0n) is 47.5. The Morgan fingerprint density at radius 2 is 0.562 bits per heavy atom. The molecule has 2 saturated heterocycles. The third kappa shape index (κ3) is 11.9. The lowest BCUT2D eigenvalue weighted by Crippen LogP contribution is -2.57. The van der Waals surface area contributed by atoms with E-state index in [-0.39, 0.29) is 47.0 Å². The lowest BCUT2D eigenvalue weighted by Gasteiger charge is -2.39. The zero-order chi connectivity index (χ0) is 69.5. The fourth-order valence-corrected chi connectivity index (χ4v) is 14.6. The Hall–Kier alpha value is -6.72. The van der Waals surface area contributed by atoms with Gasteiger partial charge in [-0.05, 0) is 48.6 Å². The smallest absolute Gasteiger partial charge is 0.176 e. The number of hydrogen-bond acceptors (Lipinski definition) is 18. The standard InChI is InChI=1S/C60H42F16N4O12S4/c61-33-29(34(62)42(70)55(41(33)69)93-11-9-81)25-15-1-5-19(77-15)27(31-37(65)45(73)57(46(74)38(31)66)95-59-53(89)51(87)49(85)23(13-83)91-59)20-7-3-17(79-20)26(30-35(63)43(71)56(94-12-10-82)44(72)36(30)64)18-4-8-22(80-18)28(21-6-2-16(25)78-21)32-39(67)47(75)58(48(76)40(32)68)96-60-54(90)52(88)50(86)24(14-84)92-60/h1-8,23-24,49-54,59-60,77,80-90H,9-14H2/t23-,24-,49-,50-,51+,52+,53-,54-,59+,60+/m1/s1. The van der Waals surface area contributed by atoms with Crippen molar-refractivity contribution in [3.8, 4) is 44.5 Å². The first-order valence-corrected chi connectivity index (χ1v) is 31.4. The third-order valence-electron chi connectivity index (χ3n) is 15.5. The molecule has 8 bridgehead atoms. The molecule has 7 heterocycles.